The van der Waals surface area contributed by atoms with Crippen LogP contribution in [0.3, 0.4) is 0 Å². The molecule has 2 heterocycles. The summed E-state index contributed by atoms with van der Waals surface area (Å²) in [6.45, 7) is 0. The van der Waals surface area contributed by atoms with Crippen molar-refractivity contribution in [3.63, 3.8) is 0 Å². The first-order chi connectivity index (χ1) is 28.7. The SMILES string of the molecule is c1cc(-c2ccc3ccc4ccc(-c5cccc(-c6ccc7c8c(cccc68)-c6ccccc6-7)c5)nc4c3n2)cc(-c2ccc3c4c(cccc24)-c2ccccc2-3)c1. The van der Waals surface area contributed by atoms with Gasteiger partial charge in [0.15, 0.2) is 0 Å². The molecular weight excluding hydrogens is 701 g/mol. The fourth-order valence-electron chi connectivity index (χ4n) is 9.90. The third-order valence-electron chi connectivity index (χ3n) is 12.6. The summed E-state index contributed by atoms with van der Waals surface area (Å²) >= 11 is 0. The first-order valence-electron chi connectivity index (χ1n) is 20.0. The first-order valence-corrected chi connectivity index (χ1v) is 20.0. The van der Waals surface area contributed by atoms with E-state index < -0.39 is 0 Å². The predicted molar refractivity (Wildman–Crippen MR) is 243 cm³/mol. The van der Waals surface area contributed by atoms with Crippen LogP contribution in [0.15, 0.2) is 194 Å². The quantitative estimate of drug-likeness (QED) is 0.168. The van der Waals surface area contributed by atoms with Gasteiger partial charge in [0, 0.05) is 21.9 Å². The average molecular weight is 733 g/mol. The van der Waals surface area contributed by atoms with Crippen molar-refractivity contribution in [1.29, 1.82) is 0 Å². The molecule has 0 unspecified atom stereocenters. The van der Waals surface area contributed by atoms with Gasteiger partial charge in [-0.25, -0.2) is 9.97 Å². The maximum Gasteiger partial charge on any atom is 0.0972 e. The summed E-state index contributed by atoms with van der Waals surface area (Å²) in [6, 6.07) is 70.7. The monoisotopic (exact) mass is 732 g/mol. The molecule has 2 heteroatoms. The molecule has 13 rings (SSSR count). The van der Waals surface area contributed by atoms with Gasteiger partial charge in [0.1, 0.15) is 0 Å². The second kappa shape index (κ2) is 11.9. The zero-order valence-electron chi connectivity index (χ0n) is 31.4. The zero-order chi connectivity index (χ0) is 37.9. The number of aromatic nitrogens is 2. The highest BCUT2D eigenvalue weighted by Gasteiger charge is 2.24. The van der Waals surface area contributed by atoms with E-state index >= 15 is 0 Å². The summed E-state index contributed by atoms with van der Waals surface area (Å²) in [6.07, 6.45) is 0. The van der Waals surface area contributed by atoms with Gasteiger partial charge in [-0.2, -0.15) is 0 Å². The lowest BCUT2D eigenvalue weighted by Gasteiger charge is -2.12. The van der Waals surface area contributed by atoms with Crippen LogP contribution in [0, 0.1) is 0 Å². The Labute approximate surface area is 335 Å². The highest BCUT2D eigenvalue weighted by Crippen LogP contribution is 2.51. The molecule has 2 nitrogen and oxygen atoms in total. The highest BCUT2D eigenvalue weighted by atomic mass is 14.8. The molecule has 0 aliphatic heterocycles. The second-order valence-electron chi connectivity index (χ2n) is 15.6. The number of rotatable bonds is 4. The molecule has 0 spiro atoms. The number of hydrogen-bond donors (Lipinski definition) is 0. The van der Waals surface area contributed by atoms with Crippen LogP contribution < -0.4 is 0 Å². The number of nitrogens with zero attached hydrogens (tertiary/aromatic N) is 2. The summed E-state index contributed by atoms with van der Waals surface area (Å²) < 4.78 is 0. The third kappa shape index (κ3) is 4.48. The van der Waals surface area contributed by atoms with Gasteiger partial charge in [-0.15, -0.1) is 0 Å². The molecule has 2 aromatic heterocycles. The summed E-state index contributed by atoms with van der Waals surface area (Å²) in [5, 5.41) is 7.39. The lowest BCUT2D eigenvalue weighted by Crippen LogP contribution is -1.92. The van der Waals surface area contributed by atoms with Crippen LogP contribution in [0.2, 0.25) is 0 Å². The molecule has 0 saturated carbocycles. The second-order valence-corrected chi connectivity index (χ2v) is 15.6. The highest BCUT2D eigenvalue weighted by molar-refractivity contribution is 6.20. The van der Waals surface area contributed by atoms with Crippen molar-refractivity contribution in [3.05, 3.63) is 194 Å². The standard InChI is InChI=1S/C56H32N2/c1-3-15-43-41(13-1)47-19-7-17-45-39(25-27-49(43)53(45)47)35-9-5-11-37(31-35)51-29-23-33-21-22-34-24-30-52(58-56(34)55(33)57-51)38-12-6-10-36(32-38)40-26-28-50-44-16-4-2-14-42(44)48-20-8-18-46(40)54(48)50/h1-32H. The fraction of sp³-hybridized carbons (Fsp3) is 0. The van der Waals surface area contributed by atoms with Crippen LogP contribution in [0.25, 0.3) is 133 Å². The van der Waals surface area contributed by atoms with Gasteiger partial charge in [0.05, 0.1) is 22.4 Å². The molecule has 266 valence electrons. The van der Waals surface area contributed by atoms with E-state index in [1.165, 1.54) is 88.3 Å². The number of hydrogen-bond acceptors (Lipinski definition) is 2. The van der Waals surface area contributed by atoms with Crippen LogP contribution in [0.5, 0.6) is 0 Å². The Morgan fingerprint density at radius 3 is 1.03 bits per heavy atom. The third-order valence-corrected chi connectivity index (χ3v) is 12.6. The maximum absolute atomic E-state index is 5.35. The van der Waals surface area contributed by atoms with Gasteiger partial charge in [-0.3, -0.25) is 0 Å². The van der Waals surface area contributed by atoms with Crippen molar-refractivity contribution in [2.24, 2.45) is 0 Å². The van der Waals surface area contributed by atoms with Gasteiger partial charge in [-0.1, -0.05) is 170 Å². The minimum absolute atomic E-state index is 0.911. The average Bonchev–Trinajstić information content (AvgIpc) is 3.80. The molecule has 2 aliphatic carbocycles. The molecule has 9 aromatic carbocycles. The van der Waals surface area contributed by atoms with Crippen LogP contribution in [0.1, 0.15) is 0 Å². The van der Waals surface area contributed by atoms with Crippen molar-refractivity contribution in [2.45, 2.75) is 0 Å². The fourth-order valence-corrected chi connectivity index (χ4v) is 9.90. The van der Waals surface area contributed by atoms with Crippen molar-refractivity contribution in [2.75, 3.05) is 0 Å². The maximum atomic E-state index is 5.35. The Hall–Kier alpha value is -7.68. The molecule has 0 saturated heterocycles. The number of pyridine rings is 2. The van der Waals surface area contributed by atoms with E-state index in [1.807, 2.05) is 0 Å². The molecule has 0 fully saturated rings. The molecule has 0 bridgehead atoms. The molecule has 11 aromatic rings. The Bertz CT molecular complexity index is 3280. The summed E-state index contributed by atoms with van der Waals surface area (Å²) in [4.78, 5) is 10.7. The number of benzene rings is 9. The Balaban J connectivity index is 0.898. The van der Waals surface area contributed by atoms with Crippen LogP contribution in [-0.4, -0.2) is 9.97 Å². The van der Waals surface area contributed by atoms with E-state index in [0.29, 0.717) is 0 Å². The van der Waals surface area contributed by atoms with Gasteiger partial charge in [0.25, 0.3) is 0 Å². The van der Waals surface area contributed by atoms with E-state index in [-0.39, 0.29) is 0 Å². The lowest BCUT2D eigenvalue weighted by atomic mass is 9.93. The van der Waals surface area contributed by atoms with E-state index in [2.05, 4.69) is 194 Å². The molecule has 0 radical (unpaired) electrons. The first kappa shape index (κ1) is 31.5. The minimum atomic E-state index is 0.911. The van der Waals surface area contributed by atoms with Crippen molar-refractivity contribution in [1.82, 2.24) is 9.97 Å². The molecule has 0 N–H and O–H groups in total. The minimum Gasteiger partial charge on any atom is -0.245 e. The van der Waals surface area contributed by atoms with E-state index in [9.17, 15) is 0 Å². The number of fused-ring (bicyclic) bond motifs is 9. The Kier molecular flexibility index (Phi) is 6.47. The predicted octanol–water partition coefficient (Wildman–Crippen LogP) is 15.1. The van der Waals surface area contributed by atoms with Gasteiger partial charge in [0.2, 0.25) is 0 Å². The van der Waals surface area contributed by atoms with E-state index in [4.69, 9.17) is 9.97 Å². The van der Waals surface area contributed by atoms with Crippen LogP contribution in [0.4, 0.5) is 0 Å². The van der Waals surface area contributed by atoms with Crippen molar-refractivity contribution in [3.8, 4) is 89.3 Å². The molecule has 2 aliphatic rings. The van der Waals surface area contributed by atoms with Gasteiger partial charge < -0.3 is 0 Å². The Morgan fingerprint density at radius 2 is 0.586 bits per heavy atom. The van der Waals surface area contributed by atoms with Gasteiger partial charge >= 0.3 is 0 Å². The van der Waals surface area contributed by atoms with Crippen molar-refractivity contribution >= 4 is 43.4 Å². The van der Waals surface area contributed by atoms with Crippen LogP contribution >= 0.6 is 0 Å². The van der Waals surface area contributed by atoms with Crippen LogP contribution in [-0.2, 0) is 0 Å². The molecule has 0 amide bonds. The normalized spacial score (nSPS) is 12.1. The van der Waals surface area contributed by atoms with E-state index in [0.717, 1.165) is 44.3 Å². The zero-order valence-corrected chi connectivity index (χ0v) is 31.4. The topological polar surface area (TPSA) is 25.8 Å². The van der Waals surface area contributed by atoms with Gasteiger partial charge in [-0.05, 0) is 113 Å². The molecule has 0 atom stereocenters. The largest absolute Gasteiger partial charge is 0.245 e. The Morgan fingerprint density at radius 1 is 0.241 bits per heavy atom. The summed E-state index contributed by atoms with van der Waals surface area (Å²) in [7, 11) is 0. The van der Waals surface area contributed by atoms with E-state index in [1.54, 1.807) is 0 Å². The molecule has 58 heavy (non-hydrogen) atoms. The summed E-state index contributed by atoms with van der Waals surface area (Å²) in [5.74, 6) is 0. The summed E-state index contributed by atoms with van der Waals surface area (Å²) in [5.41, 5.74) is 21.2. The molecular formula is C56H32N2. The van der Waals surface area contributed by atoms with Crippen molar-refractivity contribution < 1.29 is 0 Å². The lowest BCUT2D eigenvalue weighted by molar-refractivity contribution is 1.36. The smallest absolute Gasteiger partial charge is 0.0972 e.